The maximum atomic E-state index is 11.8. The molecule has 0 aliphatic carbocycles. The van der Waals surface area contributed by atoms with Crippen molar-refractivity contribution in [3.63, 3.8) is 0 Å². The van der Waals surface area contributed by atoms with Crippen molar-refractivity contribution in [2.24, 2.45) is 5.92 Å². The second-order valence-electron chi connectivity index (χ2n) is 5.23. The number of nitrogens with zero attached hydrogens (tertiary/aromatic N) is 2. The Hall–Kier alpha value is -1.12. The fourth-order valence-electron chi connectivity index (χ4n) is 2.12. The fourth-order valence-corrected chi connectivity index (χ4v) is 2.12. The molecule has 0 N–H and O–H groups in total. The molecule has 96 valence electrons. The number of carbonyl (C=O) groups excluding carboxylic acids is 1. The summed E-state index contributed by atoms with van der Waals surface area (Å²) in [6, 6.07) is 0. The van der Waals surface area contributed by atoms with E-state index in [1.165, 1.54) is 5.56 Å². The summed E-state index contributed by atoms with van der Waals surface area (Å²) in [7, 11) is 0. The molecule has 1 heterocycles. The smallest absolute Gasteiger partial charge is 0.156 e. The van der Waals surface area contributed by atoms with Crippen LogP contribution in [0.25, 0.3) is 0 Å². The largest absolute Gasteiger partial charge is 0.297 e. The number of ketones is 1. The van der Waals surface area contributed by atoms with Crippen molar-refractivity contribution in [1.29, 1.82) is 0 Å². The zero-order valence-electron chi connectivity index (χ0n) is 11.9. The molecule has 0 atom stereocenters. The van der Waals surface area contributed by atoms with Crippen molar-refractivity contribution >= 4 is 5.78 Å². The highest BCUT2D eigenvalue weighted by atomic mass is 16.1. The summed E-state index contributed by atoms with van der Waals surface area (Å²) in [5, 5.41) is 4.57. The lowest BCUT2D eigenvalue weighted by molar-refractivity contribution is -0.122. The minimum Gasteiger partial charge on any atom is -0.297 e. The Bertz CT molecular complexity index is 403. The van der Waals surface area contributed by atoms with Crippen LogP contribution in [0.1, 0.15) is 57.5 Å². The monoisotopic (exact) mass is 236 g/mol. The average Bonchev–Trinajstić information content (AvgIpc) is 2.55. The van der Waals surface area contributed by atoms with E-state index in [9.17, 15) is 4.79 Å². The van der Waals surface area contributed by atoms with E-state index in [0.717, 1.165) is 17.8 Å². The van der Waals surface area contributed by atoms with Gasteiger partial charge in [-0.05, 0) is 24.8 Å². The highest BCUT2D eigenvalue weighted by Crippen LogP contribution is 2.23. The van der Waals surface area contributed by atoms with Crippen molar-refractivity contribution < 1.29 is 4.79 Å². The van der Waals surface area contributed by atoms with Gasteiger partial charge in [-0.15, -0.1) is 0 Å². The summed E-state index contributed by atoms with van der Waals surface area (Å²) in [6.07, 6.45) is 0.928. The second kappa shape index (κ2) is 5.48. The summed E-state index contributed by atoms with van der Waals surface area (Å²) in [6.45, 7) is 12.8. The van der Waals surface area contributed by atoms with Gasteiger partial charge in [0, 0.05) is 11.6 Å². The van der Waals surface area contributed by atoms with E-state index in [4.69, 9.17) is 0 Å². The molecule has 3 heteroatoms. The van der Waals surface area contributed by atoms with Crippen LogP contribution in [0.5, 0.6) is 0 Å². The van der Waals surface area contributed by atoms with Crippen molar-refractivity contribution in [2.75, 3.05) is 0 Å². The van der Waals surface area contributed by atoms with E-state index in [2.05, 4.69) is 32.8 Å². The summed E-state index contributed by atoms with van der Waals surface area (Å²) in [5.41, 5.74) is 3.59. The first-order valence-corrected chi connectivity index (χ1v) is 6.47. The van der Waals surface area contributed by atoms with Crippen molar-refractivity contribution in [3.8, 4) is 0 Å². The van der Waals surface area contributed by atoms with Gasteiger partial charge in [0.25, 0.3) is 0 Å². The van der Waals surface area contributed by atoms with Gasteiger partial charge >= 0.3 is 0 Å². The van der Waals surface area contributed by atoms with Crippen LogP contribution in [0.4, 0.5) is 0 Å². The van der Waals surface area contributed by atoms with Gasteiger partial charge in [-0.1, -0.05) is 34.6 Å². The number of aromatic nitrogens is 2. The molecule has 0 spiro atoms. The van der Waals surface area contributed by atoms with Gasteiger partial charge in [-0.2, -0.15) is 5.10 Å². The zero-order chi connectivity index (χ0) is 13.2. The standard InChI is InChI=1S/C14H24N2O/c1-7-12-14(10(4)5)11(6)16(15-12)8-13(17)9(2)3/h9-10H,7-8H2,1-6H3. The van der Waals surface area contributed by atoms with E-state index in [1.807, 2.05) is 18.5 Å². The third-order valence-corrected chi connectivity index (χ3v) is 3.19. The van der Waals surface area contributed by atoms with Gasteiger partial charge in [0.05, 0.1) is 5.69 Å². The van der Waals surface area contributed by atoms with Crippen LogP contribution in [-0.2, 0) is 17.8 Å². The maximum Gasteiger partial charge on any atom is 0.156 e. The molecule has 3 nitrogen and oxygen atoms in total. The molecule has 0 aliphatic rings. The number of carbonyl (C=O) groups is 1. The summed E-state index contributed by atoms with van der Waals surface area (Å²) >= 11 is 0. The molecule has 0 unspecified atom stereocenters. The number of hydrogen-bond acceptors (Lipinski definition) is 2. The Labute approximate surface area is 104 Å². The van der Waals surface area contributed by atoms with Gasteiger partial charge in [0.2, 0.25) is 0 Å². The van der Waals surface area contributed by atoms with Gasteiger partial charge in [-0.25, -0.2) is 0 Å². The second-order valence-corrected chi connectivity index (χ2v) is 5.23. The minimum atomic E-state index is 0.0752. The van der Waals surface area contributed by atoms with Crippen molar-refractivity contribution in [3.05, 3.63) is 17.0 Å². The normalized spacial score (nSPS) is 11.5. The first-order valence-electron chi connectivity index (χ1n) is 6.47. The summed E-state index contributed by atoms with van der Waals surface area (Å²) in [4.78, 5) is 11.8. The van der Waals surface area contributed by atoms with Crippen LogP contribution in [0.15, 0.2) is 0 Å². The van der Waals surface area contributed by atoms with E-state index < -0.39 is 0 Å². The lowest BCUT2D eigenvalue weighted by Crippen LogP contribution is -2.17. The van der Waals surface area contributed by atoms with Crippen LogP contribution in [0.3, 0.4) is 0 Å². The molecule has 0 radical (unpaired) electrons. The van der Waals surface area contributed by atoms with Crippen LogP contribution in [0.2, 0.25) is 0 Å². The number of aryl methyl sites for hydroxylation is 1. The Morgan fingerprint density at radius 3 is 2.24 bits per heavy atom. The Morgan fingerprint density at radius 1 is 1.29 bits per heavy atom. The molecule has 0 bridgehead atoms. The Kier molecular flexibility index (Phi) is 4.49. The summed E-state index contributed by atoms with van der Waals surface area (Å²) in [5.74, 6) is 0.785. The third-order valence-electron chi connectivity index (χ3n) is 3.19. The number of rotatable bonds is 5. The van der Waals surface area contributed by atoms with Gasteiger partial charge in [-0.3, -0.25) is 9.48 Å². The molecule has 0 saturated heterocycles. The van der Waals surface area contributed by atoms with Crippen LogP contribution < -0.4 is 0 Å². The van der Waals surface area contributed by atoms with Gasteiger partial charge < -0.3 is 0 Å². The third kappa shape index (κ3) is 2.96. The highest BCUT2D eigenvalue weighted by molar-refractivity contribution is 5.80. The van der Waals surface area contributed by atoms with Crippen molar-refractivity contribution in [1.82, 2.24) is 9.78 Å². The van der Waals surface area contributed by atoms with Crippen LogP contribution in [0, 0.1) is 12.8 Å². The van der Waals surface area contributed by atoms with E-state index >= 15 is 0 Å². The summed E-state index contributed by atoms with van der Waals surface area (Å²) < 4.78 is 1.87. The van der Waals surface area contributed by atoms with E-state index in [0.29, 0.717) is 12.5 Å². The first-order chi connectivity index (χ1) is 7.88. The number of hydrogen-bond donors (Lipinski definition) is 0. The molecule has 17 heavy (non-hydrogen) atoms. The van der Waals surface area contributed by atoms with Crippen LogP contribution >= 0.6 is 0 Å². The molecule has 0 aliphatic heterocycles. The molecule has 0 aromatic carbocycles. The highest BCUT2D eigenvalue weighted by Gasteiger charge is 2.18. The fraction of sp³-hybridized carbons (Fsp3) is 0.714. The molecule has 0 amide bonds. The molecule has 1 aromatic rings. The van der Waals surface area contributed by atoms with Gasteiger partial charge in [0.15, 0.2) is 5.78 Å². The van der Waals surface area contributed by atoms with E-state index in [1.54, 1.807) is 0 Å². The lowest BCUT2D eigenvalue weighted by Gasteiger charge is -2.08. The average molecular weight is 236 g/mol. The number of Topliss-reactive ketones (excluding diaryl/α,β-unsaturated/α-hetero) is 1. The molecular formula is C14H24N2O. The molecule has 0 saturated carbocycles. The molecule has 1 rings (SSSR count). The maximum absolute atomic E-state index is 11.8. The quantitative estimate of drug-likeness (QED) is 0.787. The van der Waals surface area contributed by atoms with Crippen molar-refractivity contribution in [2.45, 2.75) is 60.4 Å². The topological polar surface area (TPSA) is 34.9 Å². The molecule has 1 aromatic heterocycles. The predicted molar refractivity (Wildman–Crippen MR) is 70.3 cm³/mol. The van der Waals surface area contributed by atoms with E-state index in [-0.39, 0.29) is 11.7 Å². The molecular weight excluding hydrogens is 212 g/mol. The SMILES string of the molecule is CCc1nn(CC(=O)C(C)C)c(C)c1C(C)C. The Balaban J connectivity index is 3.06. The Morgan fingerprint density at radius 2 is 1.88 bits per heavy atom. The zero-order valence-corrected chi connectivity index (χ0v) is 11.9. The molecule has 0 fully saturated rings. The predicted octanol–water partition coefficient (Wildman–Crippen LogP) is 3.10. The van der Waals surface area contributed by atoms with Crippen LogP contribution in [-0.4, -0.2) is 15.6 Å². The minimum absolute atomic E-state index is 0.0752. The first kappa shape index (κ1) is 13.9. The van der Waals surface area contributed by atoms with Gasteiger partial charge in [0.1, 0.15) is 6.54 Å². The lowest BCUT2D eigenvalue weighted by atomic mass is 10.00.